The van der Waals surface area contributed by atoms with Crippen LogP contribution in [-0.2, 0) is 6.42 Å². The van der Waals surface area contributed by atoms with Gasteiger partial charge < -0.3 is 0 Å². The molecule has 0 atom stereocenters. The third-order valence-corrected chi connectivity index (χ3v) is 4.54. The highest BCUT2D eigenvalue weighted by Gasteiger charge is 2.04. The number of thiophene rings is 1. The van der Waals surface area contributed by atoms with Crippen molar-refractivity contribution in [3.05, 3.63) is 33.1 Å². The van der Waals surface area contributed by atoms with Gasteiger partial charge in [-0.25, -0.2) is 0 Å². The summed E-state index contributed by atoms with van der Waals surface area (Å²) in [6, 6.07) is 6.60. The molecule has 2 aromatic rings. The number of hydrogen-bond acceptors (Lipinski definition) is 1. The van der Waals surface area contributed by atoms with E-state index in [9.17, 15) is 0 Å². The molecule has 2 rings (SSSR count). The van der Waals surface area contributed by atoms with Crippen LogP contribution in [0.5, 0.6) is 0 Å². The second-order valence-corrected chi connectivity index (χ2v) is 5.15. The number of fused-ring (bicyclic) bond motifs is 1. The van der Waals surface area contributed by atoms with Gasteiger partial charge in [-0.2, -0.15) is 0 Å². The van der Waals surface area contributed by atoms with Crippen molar-refractivity contribution < 1.29 is 0 Å². The van der Waals surface area contributed by atoms with E-state index in [1.807, 2.05) is 11.3 Å². The minimum absolute atomic E-state index is 1.14. The van der Waals surface area contributed by atoms with E-state index < -0.39 is 0 Å². The Balaban J connectivity index is 2.76. The van der Waals surface area contributed by atoms with Gasteiger partial charge in [0, 0.05) is 14.0 Å². The lowest BCUT2D eigenvalue weighted by atomic mass is 10.2. The van der Waals surface area contributed by atoms with Gasteiger partial charge >= 0.3 is 0 Å². The Morgan fingerprint density at radius 3 is 2.85 bits per heavy atom. The standard InChI is InChI=1S/C11H11BrS/c1-3-9-6-8-4-5-10(12)7(2)11(8)13-9/h4-6H,3H2,1-2H3. The first-order chi connectivity index (χ1) is 6.22. The van der Waals surface area contributed by atoms with Crippen LogP contribution in [0, 0.1) is 6.92 Å². The second kappa shape index (κ2) is 3.43. The van der Waals surface area contributed by atoms with Crippen LogP contribution in [0.15, 0.2) is 22.7 Å². The van der Waals surface area contributed by atoms with E-state index in [1.54, 1.807) is 0 Å². The van der Waals surface area contributed by atoms with Crippen molar-refractivity contribution in [1.29, 1.82) is 0 Å². The van der Waals surface area contributed by atoms with Gasteiger partial charge in [-0.3, -0.25) is 0 Å². The molecule has 0 aliphatic carbocycles. The lowest BCUT2D eigenvalue weighted by Crippen LogP contribution is -1.73. The number of hydrogen-bond donors (Lipinski definition) is 0. The van der Waals surface area contributed by atoms with Crippen molar-refractivity contribution in [2.24, 2.45) is 0 Å². The molecular weight excluding hydrogens is 244 g/mol. The Morgan fingerprint density at radius 2 is 2.15 bits per heavy atom. The summed E-state index contributed by atoms with van der Waals surface area (Å²) in [5, 5.41) is 1.38. The fraction of sp³-hybridized carbons (Fsp3) is 0.273. The van der Waals surface area contributed by atoms with Crippen molar-refractivity contribution in [3.8, 4) is 0 Å². The summed E-state index contributed by atoms with van der Waals surface area (Å²) in [5.74, 6) is 0. The van der Waals surface area contributed by atoms with Gasteiger partial charge in [0.15, 0.2) is 0 Å². The molecule has 0 nitrogen and oxygen atoms in total. The van der Waals surface area contributed by atoms with Crippen molar-refractivity contribution in [3.63, 3.8) is 0 Å². The smallest absolute Gasteiger partial charge is 0.0386 e. The molecule has 0 N–H and O–H groups in total. The average Bonchev–Trinajstić information content (AvgIpc) is 2.55. The zero-order valence-corrected chi connectivity index (χ0v) is 10.1. The Bertz CT molecular complexity index is 443. The first-order valence-corrected chi connectivity index (χ1v) is 6.01. The van der Waals surface area contributed by atoms with Gasteiger partial charge in [0.25, 0.3) is 0 Å². The van der Waals surface area contributed by atoms with E-state index in [0.717, 1.165) is 6.42 Å². The Labute approximate surface area is 90.7 Å². The normalized spacial score (nSPS) is 11.0. The molecule has 1 aromatic carbocycles. The quantitative estimate of drug-likeness (QED) is 0.702. The van der Waals surface area contributed by atoms with Crippen molar-refractivity contribution >= 4 is 37.4 Å². The molecule has 0 aliphatic rings. The van der Waals surface area contributed by atoms with Crippen LogP contribution < -0.4 is 0 Å². The van der Waals surface area contributed by atoms with E-state index in [1.165, 1.54) is 25.0 Å². The predicted octanol–water partition coefficient (Wildman–Crippen LogP) is 4.53. The monoisotopic (exact) mass is 254 g/mol. The summed E-state index contributed by atoms with van der Waals surface area (Å²) < 4.78 is 2.63. The molecule has 2 heteroatoms. The van der Waals surface area contributed by atoms with Crippen molar-refractivity contribution in [2.75, 3.05) is 0 Å². The minimum atomic E-state index is 1.14. The third-order valence-electron chi connectivity index (χ3n) is 2.27. The highest BCUT2D eigenvalue weighted by atomic mass is 79.9. The summed E-state index contributed by atoms with van der Waals surface area (Å²) in [6.45, 7) is 4.37. The van der Waals surface area contributed by atoms with Crippen LogP contribution in [0.25, 0.3) is 10.1 Å². The zero-order chi connectivity index (χ0) is 9.42. The van der Waals surface area contributed by atoms with Crippen LogP contribution in [0.4, 0.5) is 0 Å². The van der Waals surface area contributed by atoms with Crippen LogP contribution in [0.3, 0.4) is 0 Å². The average molecular weight is 255 g/mol. The fourth-order valence-electron chi connectivity index (χ4n) is 1.45. The molecule has 0 unspecified atom stereocenters. The minimum Gasteiger partial charge on any atom is -0.140 e. The summed E-state index contributed by atoms with van der Waals surface area (Å²) in [4.78, 5) is 1.47. The first-order valence-electron chi connectivity index (χ1n) is 4.40. The second-order valence-electron chi connectivity index (χ2n) is 3.16. The van der Waals surface area contributed by atoms with Crippen molar-refractivity contribution in [2.45, 2.75) is 20.3 Å². The first kappa shape index (κ1) is 9.22. The molecule has 0 bridgehead atoms. The van der Waals surface area contributed by atoms with Gasteiger partial charge in [0.05, 0.1) is 0 Å². The van der Waals surface area contributed by atoms with E-state index in [-0.39, 0.29) is 0 Å². The largest absolute Gasteiger partial charge is 0.140 e. The fourth-order valence-corrected chi connectivity index (χ4v) is 3.01. The molecule has 0 saturated carbocycles. The van der Waals surface area contributed by atoms with Gasteiger partial charge in [-0.05, 0) is 36.4 Å². The van der Waals surface area contributed by atoms with Gasteiger partial charge in [0.1, 0.15) is 0 Å². The molecule has 0 spiro atoms. The van der Waals surface area contributed by atoms with E-state index in [4.69, 9.17) is 0 Å². The molecule has 0 aliphatic heterocycles. The van der Waals surface area contributed by atoms with Crippen LogP contribution in [0.1, 0.15) is 17.4 Å². The van der Waals surface area contributed by atoms with E-state index >= 15 is 0 Å². The molecular formula is C11H11BrS. The number of halogens is 1. The lowest BCUT2D eigenvalue weighted by molar-refractivity contribution is 1.19. The number of aryl methyl sites for hydroxylation is 2. The van der Waals surface area contributed by atoms with Gasteiger partial charge in [0.2, 0.25) is 0 Å². The Hall–Kier alpha value is -0.340. The lowest BCUT2D eigenvalue weighted by Gasteiger charge is -1.97. The summed E-state index contributed by atoms with van der Waals surface area (Å²) in [5.41, 5.74) is 1.36. The maximum Gasteiger partial charge on any atom is 0.0386 e. The molecule has 1 heterocycles. The molecule has 0 saturated heterocycles. The number of benzene rings is 1. The van der Waals surface area contributed by atoms with Crippen molar-refractivity contribution in [1.82, 2.24) is 0 Å². The van der Waals surface area contributed by atoms with Crippen LogP contribution in [-0.4, -0.2) is 0 Å². The van der Waals surface area contributed by atoms with Gasteiger partial charge in [-0.1, -0.05) is 28.9 Å². The summed E-state index contributed by atoms with van der Waals surface area (Å²) in [7, 11) is 0. The molecule has 0 radical (unpaired) electrons. The topological polar surface area (TPSA) is 0 Å². The third kappa shape index (κ3) is 1.53. The molecule has 68 valence electrons. The van der Waals surface area contributed by atoms with Crippen LogP contribution in [0.2, 0.25) is 0 Å². The summed E-state index contributed by atoms with van der Waals surface area (Å²) >= 11 is 5.46. The predicted molar refractivity (Wildman–Crippen MR) is 63.6 cm³/mol. The van der Waals surface area contributed by atoms with Crippen LogP contribution >= 0.6 is 27.3 Å². The zero-order valence-electron chi connectivity index (χ0n) is 7.73. The van der Waals surface area contributed by atoms with E-state index in [2.05, 4.69) is 48.0 Å². The SMILES string of the molecule is CCc1cc2ccc(Br)c(C)c2s1. The molecule has 1 aromatic heterocycles. The Kier molecular flexibility index (Phi) is 2.43. The highest BCUT2D eigenvalue weighted by molar-refractivity contribution is 9.10. The maximum absolute atomic E-state index is 3.55. The van der Waals surface area contributed by atoms with Gasteiger partial charge in [-0.15, -0.1) is 11.3 Å². The highest BCUT2D eigenvalue weighted by Crippen LogP contribution is 2.32. The summed E-state index contributed by atoms with van der Waals surface area (Å²) in [6.07, 6.45) is 1.14. The number of rotatable bonds is 1. The Morgan fingerprint density at radius 1 is 1.38 bits per heavy atom. The maximum atomic E-state index is 3.55. The molecule has 0 fully saturated rings. The molecule has 13 heavy (non-hydrogen) atoms. The molecule has 0 amide bonds. The van der Waals surface area contributed by atoms with E-state index in [0.29, 0.717) is 0 Å².